The number of aliphatic hydroxyl groups is 2. The number of rotatable bonds is 22. The Hall–Kier alpha value is -2.28. The molecule has 0 bridgehead atoms. The van der Waals surface area contributed by atoms with Gasteiger partial charge in [0.1, 0.15) is 26.4 Å². The van der Waals surface area contributed by atoms with Crippen LogP contribution < -0.4 is 5.32 Å². The second kappa shape index (κ2) is 21.7. The largest absolute Gasteiger partial charge is 0.465 e. The normalized spacial score (nSPS) is 24.4. The number of nitrogens with one attached hydrogen (secondary N) is 1. The van der Waals surface area contributed by atoms with E-state index in [0.717, 1.165) is 51.4 Å². The van der Waals surface area contributed by atoms with E-state index in [1.54, 1.807) is 13.8 Å². The summed E-state index contributed by atoms with van der Waals surface area (Å²) >= 11 is 0. The van der Waals surface area contributed by atoms with Gasteiger partial charge >= 0.3 is 23.9 Å². The van der Waals surface area contributed by atoms with Gasteiger partial charge in [-0.3, -0.25) is 19.2 Å². The third kappa shape index (κ3) is 17.9. The van der Waals surface area contributed by atoms with Crippen molar-refractivity contribution in [1.29, 1.82) is 0 Å². The summed E-state index contributed by atoms with van der Waals surface area (Å²) in [6.45, 7) is 9.47. The summed E-state index contributed by atoms with van der Waals surface area (Å²) in [5.74, 6) is 0.500. The van der Waals surface area contributed by atoms with E-state index in [2.05, 4.69) is 19.2 Å². The van der Waals surface area contributed by atoms with Crippen molar-refractivity contribution >= 4 is 23.9 Å². The van der Waals surface area contributed by atoms with Gasteiger partial charge in [-0.15, -0.1) is 0 Å². The Bertz CT molecular complexity index is 933. The third-order valence-electron chi connectivity index (χ3n) is 9.57. The van der Waals surface area contributed by atoms with Gasteiger partial charge in [-0.05, 0) is 63.2 Å². The molecule has 12 heteroatoms. The first-order chi connectivity index (χ1) is 22.7. The molecule has 0 heterocycles. The summed E-state index contributed by atoms with van der Waals surface area (Å²) in [4.78, 5) is 50.1. The highest BCUT2D eigenvalue weighted by Crippen LogP contribution is 2.32. The van der Waals surface area contributed by atoms with Crippen LogP contribution in [0.15, 0.2) is 0 Å². The van der Waals surface area contributed by atoms with E-state index >= 15 is 0 Å². The molecule has 0 amide bonds. The van der Waals surface area contributed by atoms with Crippen molar-refractivity contribution in [3.63, 3.8) is 0 Å². The average molecular weight is 686 g/mol. The maximum atomic E-state index is 12.7. The van der Waals surface area contributed by atoms with Gasteiger partial charge in [-0.25, -0.2) is 0 Å². The van der Waals surface area contributed by atoms with Gasteiger partial charge in [0.2, 0.25) is 0 Å². The Balaban J connectivity index is 1.76. The van der Waals surface area contributed by atoms with Crippen molar-refractivity contribution in [2.75, 3.05) is 52.7 Å². The summed E-state index contributed by atoms with van der Waals surface area (Å²) in [6, 6.07) is 0. The van der Waals surface area contributed by atoms with E-state index in [4.69, 9.17) is 23.7 Å². The molecule has 0 aromatic rings. The minimum absolute atomic E-state index is 0.0262. The maximum Gasteiger partial charge on any atom is 0.307 e. The zero-order valence-electron chi connectivity index (χ0n) is 30.1. The Morgan fingerprint density at radius 1 is 0.646 bits per heavy atom. The van der Waals surface area contributed by atoms with Crippen molar-refractivity contribution in [3.8, 4) is 0 Å². The average Bonchev–Trinajstić information content (AvgIpc) is 3.06. The highest BCUT2D eigenvalue weighted by molar-refractivity contribution is 5.71. The van der Waals surface area contributed by atoms with Crippen molar-refractivity contribution in [2.45, 2.75) is 118 Å². The fourth-order valence-electron chi connectivity index (χ4n) is 5.90. The van der Waals surface area contributed by atoms with Crippen LogP contribution >= 0.6 is 0 Å². The van der Waals surface area contributed by atoms with Gasteiger partial charge < -0.3 is 39.2 Å². The van der Waals surface area contributed by atoms with Gasteiger partial charge in [-0.1, -0.05) is 46.5 Å². The molecule has 3 N–H and O–H groups in total. The summed E-state index contributed by atoms with van der Waals surface area (Å²) in [7, 11) is 0. The molecule has 48 heavy (non-hydrogen) atoms. The van der Waals surface area contributed by atoms with Crippen LogP contribution in [0, 0.1) is 34.5 Å². The fraction of sp³-hybridized carbons (Fsp3) is 0.889. The van der Waals surface area contributed by atoms with Crippen molar-refractivity contribution in [1.82, 2.24) is 5.32 Å². The highest BCUT2D eigenvalue weighted by atomic mass is 16.6. The zero-order chi connectivity index (χ0) is 35.6. The van der Waals surface area contributed by atoms with Crippen molar-refractivity contribution in [2.24, 2.45) is 34.5 Å². The van der Waals surface area contributed by atoms with Crippen molar-refractivity contribution < 1.29 is 53.1 Å². The Kier molecular flexibility index (Phi) is 19.0. The fourth-order valence-corrected chi connectivity index (χ4v) is 5.90. The molecule has 2 aliphatic carbocycles. The standard InChI is InChI=1S/C36H63NO11/c1-26-6-10-29(11-7-26)18-33(42)47-24-36(5,25-48-34(43)19-30-12-8-27(2)9-13-30)23-46-32(41)15-17-37-16-14-31(40)45-22-35(4,20-38)21-44-28(3)39/h26-30,37-39H,6-25H2,1-5H3. The molecule has 278 valence electrons. The van der Waals surface area contributed by atoms with Crippen LogP contribution in [0.4, 0.5) is 0 Å². The van der Waals surface area contributed by atoms with Gasteiger partial charge in [0.05, 0.1) is 31.5 Å². The molecule has 2 unspecified atom stereocenters. The van der Waals surface area contributed by atoms with E-state index in [9.17, 15) is 29.4 Å². The Morgan fingerprint density at radius 2 is 1.02 bits per heavy atom. The highest BCUT2D eigenvalue weighted by Gasteiger charge is 2.32. The Labute approximate surface area is 287 Å². The topological polar surface area (TPSA) is 167 Å². The van der Waals surface area contributed by atoms with Crippen LogP contribution in [0.1, 0.15) is 112 Å². The zero-order valence-corrected chi connectivity index (χ0v) is 30.1. The molecule has 2 aliphatic rings. The van der Waals surface area contributed by atoms with Gasteiger partial charge in [0.15, 0.2) is 6.29 Å². The minimum atomic E-state index is -0.994. The third-order valence-corrected chi connectivity index (χ3v) is 9.57. The maximum absolute atomic E-state index is 12.7. The number of carbonyl (C=O) groups excluding carboxylic acids is 4. The number of hydrogen-bond donors (Lipinski definition) is 3. The number of aliphatic hydroxyl groups excluding tert-OH is 2. The van der Waals surface area contributed by atoms with Crippen LogP contribution in [0.5, 0.6) is 0 Å². The molecular weight excluding hydrogens is 622 g/mol. The van der Waals surface area contributed by atoms with Crippen LogP contribution in [0.3, 0.4) is 0 Å². The molecule has 0 radical (unpaired) electrons. The molecule has 2 rings (SSSR count). The van der Waals surface area contributed by atoms with E-state index < -0.39 is 29.1 Å². The summed E-state index contributed by atoms with van der Waals surface area (Å²) in [5, 5.41) is 21.9. The molecule has 0 spiro atoms. The molecule has 12 nitrogen and oxygen atoms in total. The second-order valence-electron chi connectivity index (χ2n) is 15.2. The number of esters is 4. The van der Waals surface area contributed by atoms with Gasteiger partial charge in [-0.2, -0.15) is 0 Å². The van der Waals surface area contributed by atoms with Crippen LogP contribution in [-0.4, -0.2) is 93.1 Å². The summed E-state index contributed by atoms with van der Waals surface area (Å²) in [6.07, 6.45) is 8.36. The number of hydrogen-bond acceptors (Lipinski definition) is 12. The number of carbonyl (C=O) groups is 4. The van der Waals surface area contributed by atoms with E-state index in [1.807, 2.05) is 0 Å². The minimum Gasteiger partial charge on any atom is -0.465 e. The molecule has 0 aromatic carbocycles. The monoisotopic (exact) mass is 685 g/mol. The first-order valence-electron chi connectivity index (χ1n) is 17.9. The quantitative estimate of drug-likeness (QED) is 0.0640. The van der Waals surface area contributed by atoms with E-state index in [0.29, 0.717) is 36.5 Å². The SMILES string of the molecule is CC1CCC(CC(=O)OCC(C)(COC(=O)CCNCCC(=O)OCC(C)(CO)COC(C)O)COC(=O)CC2CCC(C)CC2)CC1. The molecule has 0 aliphatic heterocycles. The summed E-state index contributed by atoms with van der Waals surface area (Å²) in [5.41, 5.74) is -1.74. The lowest BCUT2D eigenvalue weighted by Gasteiger charge is -2.30. The van der Waals surface area contributed by atoms with Crippen LogP contribution in [0.2, 0.25) is 0 Å². The van der Waals surface area contributed by atoms with Crippen LogP contribution in [-0.2, 0) is 42.9 Å². The van der Waals surface area contributed by atoms with Gasteiger partial charge in [0.25, 0.3) is 0 Å². The Morgan fingerprint density at radius 3 is 1.40 bits per heavy atom. The van der Waals surface area contributed by atoms with Gasteiger partial charge in [0, 0.05) is 31.3 Å². The first kappa shape index (κ1) is 41.9. The van der Waals surface area contributed by atoms with Crippen LogP contribution in [0.25, 0.3) is 0 Å². The lowest BCUT2D eigenvalue weighted by atomic mass is 9.81. The molecule has 0 saturated heterocycles. The van der Waals surface area contributed by atoms with E-state index in [-0.39, 0.29) is 77.5 Å². The molecule has 2 fully saturated rings. The van der Waals surface area contributed by atoms with E-state index in [1.165, 1.54) is 6.92 Å². The number of ether oxygens (including phenoxy) is 5. The molecule has 2 saturated carbocycles. The summed E-state index contributed by atoms with van der Waals surface area (Å²) < 4.78 is 27.2. The second-order valence-corrected chi connectivity index (χ2v) is 15.2. The first-order valence-corrected chi connectivity index (χ1v) is 17.9. The lowest BCUT2D eigenvalue weighted by molar-refractivity contribution is -0.162. The molecular formula is C36H63NO11. The lowest BCUT2D eigenvalue weighted by Crippen LogP contribution is -2.37. The molecule has 0 aromatic heterocycles. The van der Waals surface area contributed by atoms with Crippen molar-refractivity contribution in [3.05, 3.63) is 0 Å². The predicted molar refractivity (Wildman–Crippen MR) is 178 cm³/mol. The smallest absolute Gasteiger partial charge is 0.307 e. The molecule has 2 atom stereocenters. The predicted octanol–water partition coefficient (Wildman–Crippen LogP) is 4.32.